The number of benzene rings is 1. The molecule has 3 rings (SSSR count). The van der Waals surface area contributed by atoms with Crippen molar-refractivity contribution in [1.82, 2.24) is 15.2 Å². The number of nitrogens with zero attached hydrogens (tertiary/aromatic N) is 1. The van der Waals surface area contributed by atoms with Crippen LogP contribution in [-0.2, 0) is 0 Å². The van der Waals surface area contributed by atoms with Crippen LogP contribution in [0.3, 0.4) is 0 Å². The first-order valence-corrected chi connectivity index (χ1v) is 7.44. The minimum absolute atomic E-state index is 0.0767. The third-order valence-electron chi connectivity index (χ3n) is 3.88. The van der Waals surface area contributed by atoms with E-state index in [9.17, 15) is 9.59 Å². The lowest BCUT2D eigenvalue weighted by Crippen LogP contribution is -2.10. The summed E-state index contributed by atoms with van der Waals surface area (Å²) in [5.41, 5.74) is 3.11. The molecule has 0 amide bonds. The van der Waals surface area contributed by atoms with Crippen molar-refractivity contribution in [3.05, 3.63) is 87.1 Å². The maximum Gasteiger partial charge on any atom is 0.264 e. The Morgan fingerprint density at radius 1 is 1.12 bits per heavy atom. The van der Waals surface area contributed by atoms with Crippen molar-refractivity contribution in [2.24, 2.45) is 0 Å². The number of aromatic nitrogens is 3. The SMILES string of the molecule is C#Cc1ccc(C(=O)c2ccc(C(C)c3ccc(=O)[nH]n3)[nH]2)cc1. The normalized spacial score (nSPS) is 11.7. The summed E-state index contributed by atoms with van der Waals surface area (Å²) in [5, 5.41) is 6.44. The highest BCUT2D eigenvalue weighted by Gasteiger charge is 2.16. The van der Waals surface area contributed by atoms with Crippen LogP contribution in [0.15, 0.2) is 53.3 Å². The van der Waals surface area contributed by atoms with Gasteiger partial charge in [-0.05, 0) is 42.5 Å². The molecule has 2 N–H and O–H groups in total. The molecule has 1 atom stereocenters. The van der Waals surface area contributed by atoms with Crippen LogP contribution in [-0.4, -0.2) is 21.0 Å². The largest absolute Gasteiger partial charge is 0.355 e. The van der Waals surface area contributed by atoms with Gasteiger partial charge in [-0.2, -0.15) is 5.10 Å². The van der Waals surface area contributed by atoms with E-state index in [1.807, 2.05) is 13.0 Å². The molecule has 5 heteroatoms. The minimum Gasteiger partial charge on any atom is -0.355 e. The second-order valence-electron chi connectivity index (χ2n) is 5.45. The summed E-state index contributed by atoms with van der Waals surface area (Å²) in [6.07, 6.45) is 5.32. The molecular weight excluding hydrogens is 302 g/mol. The molecule has 0 aliphatic carbocycles. The summed E-state index contributed by atoms with van der Waals surface area (Å²) in [7, 11) is 0. The van der Waals surface area contributed by atoms with Gasteiger partial charge in [0.05, 0.1) is 11.4 Å². The van der Waals surface area contributed by atoms with Crippen molar-refractivity contribution in [3.8, 4) is 12.3 Å². The third-order valence-corrected chi connectivity index (χ3v) is 3.88. The summed E-state index contributed by atoms with van der Waals surface area (Å²) in [6, 6.07) is 13.6. The maximum absolute atomic E-state index is 12.5. The number of H-pyrrole nitrogens is 2. The number of nitrogens with one attached hydrogen (secondary N) is 2. The molecule has 2 heterocycles. The van der Waals surface area contributed by atoms with Gasteiger partial charge in [-0.1, -0.05) is 12.8 Å². The van der Waals surface area contributed by atoms with Crippen molar-refractivity contribution < 1.29 is 4.79 Å². The van der Waals surface area contributed by atoms with Gasteiger partial charge >= 0.3 is 0 Å². The predicted octanol–water partition coefficient (Wildman–Crippen LogP) is 2.46. The van der Waals surface area contributed by atoms with Gasteiger partial charge < -0.3 is 4.98 Å². The first-order chi connectivity index (χ1) is 11.6. The van der Waals surface area contributed by atoms with Gasteiger partial charge in [-0.25, -0.2) is 5.10 Å². The first kappa shape index (κ1) is 15.5. The molecule has 1 aromatic carbocycles. The number of aromatic amines is 2. The number of carbonyl (C=O) groups excluding carboxylic acids is 1. The highest BCUT2D eigenvalue weighted by molar-refractivity contribution is 6.07. The van der Waals surface area contributed by atoms with Crippen LogP contribution >= 0.6 is 0 Å². The van der Waals surface area contributed by atoms with E-state index >= 15 is 0 Å². The van der Waals surface area contributed by atoms with E-state index in [2.05, 4.69) is 21.1 Å². The molecule has 0 bridgehead atoms. The fourth-order valence-electron chi connectivity index (χ4n) is 2.43. The average molecular weight is 317 g/mol. The van der Waals surface area contributed by atoms with Crippen LogP contribution < -0.4 is 5.56 Å². The molecule has 0 radical (unpaired) electrons. The van der Waals surface area contributed by atoms with Crippen molar-refractivity contribution in [1.29, 1.82) is 0 Å². The Hall–Kier alpha value is -3.39. The maximum atomic E-state index is 12.5. The quantitative estimate of drug-likeness (QED) is 0.573. The minimum atomic E-state index is -0.247. The molecule has 0 spiro atoms. The number of rotatable bonds is 4. The Morgan fingerprint density at radius 3 is 2.50 bits per heavy atom. The van der Waals surface area contributed by atoms with E-state index in [1.165, 1.54) is 6.07 Å². The van der Waals surface area contributed by atoms with Gasteiger partial charge in [0.2, 0.25) is 5.78 Å². The van der Waals surface area contributed by atoms with Crippen LogP contribution in [0.1, 0.15) is 45.8 Å². The summed E-state index contributed by atoms with van der Waals surface area (Å²) in [4.78, 5) is 26.7. The van der Waals surface area contributed by atoms with Crippen LogP contribution in [0.5, 0.6) is 0 Å². The average Bonchev–Trinajstić information content (AvgIpc) is 3.11. The molecule has 0 saturated carbocycles. The van der Waals surface area contributed by atoms with E-state index in [0.717, 1.165) is 11.3 Å². The molecule has 2 aromatic heterocycles. The van der Waals surface area contributed by atoms with Crippen LogP contribution in [0.25, 0.3) is 0 Å². The Balaban J connectivity index is 1.84. The van der Waals surface area contributed by atoms with Crippen LogP contribution in [0.2, 0.25) is 0 Å². The lowest BCUT2D eigenvalue weighted by Gasteiger charge is -2.08. The number of ketones is 1. The predicted molar refractivity (Wildman–Crippen MR) is 91.0 cm³/mol. The highest BCUT2D eigenvalue weighted by Crippen LogP contribution is 2.21. The van der Waals surface area contributed by atoms with Crippen molar-refractivity contribution in [2.45, 2.75) is 12.8 Å². The smallest absolute Gasteiger partial charge is 0.264 e. The lowest BCUT2D eigenvalue weighted by molar-refractivity contribution is 0.103. The number of carbonyl (C=O) groups is 1. The number of terminal acetylenes is 1. The van der Waals surface area contributed by atoms with E-state index in [1.54, 1.807) is 36.4 Å². The second kappa shape index (κ2) is 6.39. The van der Waals surface area contributed by atoms with E-state index < -0.39 is 0 Å². The molecule has 1 unspecified atom stereocenters. The van der Waals surface area contributed by atoms with Gasteiger partial charge in [0.15, 0.2) is 0 Å². The molecule has 24 heavy (non-hydrogen) atoms. The summed E-state index contributed by atoms with van der Waals surface area (Å²) < 4.78 is 0. The first-order valence-electron chi connectivity index (χ1n) is 7.44. The monoisotopic (exact) mass is 317 g/mol. The fraction of sp³-hybridized carbons (Fsp3) is 0.105. The van der Waals surface area contributed by atoms with Crippen molar-refractivity contribution in [2.75, 3.05) is 0 Å². The van der Waals surface area contributed by atoms with Gasteiger partial charge in [0.25, 0.3) is 5.56 Å². The molecule has 3 aromatic rings. The standard InChI is InChI=1S/C19H15N3O2/c1-3-13-4-6-14(7-5-13)19(24)17-9-8-15(20-17)12(2)16-10-11-18(23)22-21-16/h1,4-12,20H,2H3,(H,22,23). The molecule has 118 valence electrons. The molecule has 0 aliphatic rings. The van der Waals surface area contributed by atoms with Gasteiger partial charge in [0, 0.05) is 28.8 Å². The zero-order valence-corrected chi connectivity index (χ0v) is 13.0. The second-order valence-corrected chi connectivity index (χ2v) is 5.45. The van der Waals surface area contributed by atoms with Crippen LogP contribution in [0.4, 0.5) is 0 Å². The Labute approximate surface area is 138 Å². The summed E-state index contributed by atoms with van der Waals surface area (Å²) >= 11 is 0. The number of hydrogen-bond donors (Lipinski definition) is 2. The van der Waals surface area contributed by atoms with Gasteiger partial charge in [0.1, 0.15) is 0 Å². The molecule has 0 saturated heterocycles. The zero-order valence-electron chi connectivity index (χ0n) is 13.0. The molecule has 0 fully saturated rings. The van der Waals surface area contributed by atoms with Crippen LogP contribution in [0, 0.1) is 12.3 Å². The lowest BCUT2D eigenvalue weighted by atomic mass is 10.0. The zero-order chi connectivity index (χ0) is 17.1. The van der Waals surface area contributed by atoms with Crippen molar-refractivity contribution in [3.63, 3.8) is 0 Å². The van der Waals surface area contributed by atoms with Gasteiger partial charge in [-0.15, -0.1) is 6.42 Å². The van der Waals surface area contributed by atoms with E-state index in [0.29, 0.717) is 17.0 Å². The highest BCUT2D eigenvalue weighted by atomic mass is 16.1. The van der Waals surface area contributed by atoms with Crippen molar-refractivity contribution >= 4 is 5.78 Å². The fourth-order valence-corrected chi connectivity index (χ4v) is 2.43. The molecular formula is C19H15N3O2. The van der Waals surface area contributed by atoms with Gasteiger partial charge in [-0.3, -0.25) is 9.59 Å². The molecule has 0 aliphatic heterocycles. The summed E-state index contributed by atoms with van der Waals surface area (Å²) in [5.74, 6) is 2.34. The Bertz CT molecular complexity index is 954. The number of hydrogen-bond acceptors (Lipinski definition) is 3. The topological polar surface area (TPSA) is 78.6 Å². The summed E-state index contributed by atoms with van der Waals surface area (Å²) in [6.45, 7) is 1.95. The van der Waals surface area contributed by atoms with E-state index in [4.69, 9.17) is 6.42 Å². The third kappa shape index (κ3) is 3.03. The molecule has 5 nitrogen and oxygen atoms in total. The Kier molecular flexibility index (Phi) is 4.13. The Morgan fingerprint density at radius 2 is 1.88 bits per heavy atom. The van der Waals surface area contributed by atoms with E-state index in [-0.39, 0.29) is 17.3 Å².